The van der Waals surface area contributed by atoms with Crippen molar-refractivity contribution in [2.24, 2.45) is 0 Å². The van der Waals surface area contributed by atoms with Gasteiger partial charge in [0, 0.05) is 11.3 Å². The van der Waals surface area contributed by atoms with Crippen LogP contribution in [0.4, 0.5) is 0 Å². The first-order valence-electron chi connectivity index (χ1n) is 3.29. The molecule has 0 saturated carbocycles. The fourth-order valence-corrected chi connectivity index (χ4v) is 2.18. The molecule has 2 heteroatoms. The monoisotopic (exact) mass is 152 g/mol. The van der Waals surface area contributed by atoms with Crippen LogP contribution in [0.15, 0.2) is 29.2 Å². The lowest BCUT2D eigenvalue weighted by Gasteiger charge is -1.93. The molecule has 1 aromatic carbocycles. The summed E-state index contributed by atoms with van der Waals surface area (Å²) in [6, 6.07) is 8.14. The fraction of sp³-hybridized carbons (Fsp3) is 0.250. The summed E-state index contributed by atoms with van der Waals surface area (Å²) >= 11 is 1.55. The Morgan fingerprint density at radius 3 is 3.00 bits per heavy atom. The van der Waals surface area contributed by atoms with Gasteiger partial charge < -0.3 is 5.11 Å². The van der Waals surface area contributed by atoms with Gasteiger partial charge in [0.05, 0.1) is 0 Å². The fourth-order valence-electron chi connectivity index (χ4n) is 1.16. The molecular weight excluding hydrogens is 144 g/mol. The van der Waals surface area contributed by atoms with Gasteiger partial charge in [-0.15, -0.1) is 0 Å². The maximum absolute atomic E-state index is 9.21. The molecule has 1 heterocycles. The van der Waals surface area contributed by atoms with E-state index in [1.54, 1.807) is 11.8 Å². The average molecular weight is 152 g/mol. The zero-order chi connectivity index (χ0) is 6.97. The van der Waals surface area contributed by atoms with Gasteiger partial charge >= 0.3 is 0 Å². The number of thioether (sulfide) groups is 1. The van der Waals surface area contributed by atoms with Gasteiger partial charge in [-0.25, -0.2) is 0 Å². The standard InChI is InChI=1S/C8H8OS/c9-8-5-6-3-1-2-4-7(6)10-8/h1-4,8-9H,5H2. The van der Waals surface area contributed by atoms with E-state index in [2.05, 4.69) is 12.1 Å². The Hall–Kier alpha value is -0.470. The number of aliphatic hydroxyl groups is 1. The molecule has 0 radical (unpaired) electrons. The van der Waals surface area contributed by atoms with Crippen LogP contribution in [0.3, 0.4) is 0 Å². The van der Waals surface area contributed by atoms with Crippen LogP contribution in [0.25, 0.3) is 0 Å². The highest BCUT2D eigenvalue weighted by Gasteiger charge is 2.18. The molecule has 0 aliphatic carbocycles. The van der Waals surface area contributed by atoms with E-state index in [4.69, 9.17) is 0 Å². The van der Waals surface area contributed by atoms with Crippen molar-refractivity contribution in [2.45, 2.75) is 16.8 Å². The van der Waals surface area contributed by atoms with E-state index >= 15 is 0 Å². The second-order valence-electron chi connectivity index (χ2n) is 2.38. The lowest BCUT2D eigenvalue weighted by Crippen LogP contribution is -1.95. The molecule has 1 N–H and O–H groups in total. The van der Waals surface area contributed by atoms with Gasteiger partial charge in [-0.1, -0.05) is 30.0 Å². The zero-order valence-electron chi connectivity index (χ0n) is 5.45. The summed E-state index contributed by atoms with van der Waals surface area (Å²) in [4.78, 5) is 1.23. The van der Waals surface area contributed by atoms with Crippen LogP contribution in [0.5, 0.6) is 0 Å². The minimum atomic E-state index is -0.211. The van der Waals surface area contributed by atoms with E-state index < -0.39 is 0 Å². The van der Waals surface area contributed by atoms with Gasteiger partial charge in [0.15, 0.2) is 0 Å². The third kappa shape index (κ3) is 0.935. The largest absolute Gasteiger partial charge is 0.382 e. The smallest absolute Gasteiger partial charge is 0.108 e. The molecule has 0 amide bonds. The number of aliphatic hydroxyl groups excluding tert-OH is 1. The molecule has 0 spiro atoms. The van der Waals surface area contributed by atoms with Crippen LogP contribution < -0.4 is 0 Å². The summed E-state index contributed by atoms with van der Waals surface area (Å²) < 4.78 is 0. The van der Waals surface area contributed by atoms with Crippen LogP contribution in [0, 0.1) is 0 Å². The summed E-state index contributed by atoms with van der Waals surface area (Å²) in [5.41, 5.74) is 1.07. The SMILES string of the molecule is OC1Cc2ccccc2S1. The van der Waals surface area contributed by atoms with Crippen molar-refractivity contribution >= 4 is 11.8 Å². The Kier molecular flexibility index (Phi) is 1.43. The molecule has 1 aliphatic heterocycles. The number of hydrogen-bond acceptors (Lipinski definition) is 2. The minimum Gasteiger partial charge on any atom is -0.382 e. The number of hydrogen-bond donors (Lipinski definition) is 1. The van der Waals surface area contributed by atoms with Crippen molar-refractivity contribution in [1.82, 2.24) is 0 Å². The first-order valence-corrected chi connectivity index (χ1v) is 4.17. The average Bonchev–Trinajstić information content (AvgIpc) is 2.27. The van der Waals surface area contributed by atoms with Crippen molar-refractivity contribution in [1.29, 1.82) is 0 Å². The van der Waals surface area contributed by atoms with E-state index in [-0.39, 0.29) is 5.44 Å². The van der Waals surface area contributed by atoms with Gasteiger partial charge in [-0.2, -0.15) is 0 Å². The molecule has 52 valence electrons. The number of benzene rings is 1. The van der Waals surface area contributed by atoms with Crippen molar-refractivity contribution in [3.05, 3.63) is 29.8 Å². The second-order valence-corrected chi connectivity index (χ2v) is 3.60. The molecule has 0 saturated heterocycles. The molecule has 1 aliphatic rings. The Morgan fingerprint density at radius 2 is 2.20 bits per heavy atom. The molecule has 1 atom stereocenters. The Balaban J connectivity index is 2.42. The minimum absolute atomic E-state index is 0.211. The van der Waals surface area contributed by atoms with E-state index in [1.807, 2.05) is 12.1 Å². The van der Waals surface area contributed by atoms with Crippen LogP contribution in [-0.4, -0.2) is 10.5 Å². The molecule has 1 nitrogen and oxygen atoms in total. The van der Waals surface area contributed by atoms with Crippen LogP contribution in [0.2, 0.25) is 0 Å². The maximum Gasteiger partial charge on any atom is 0.108 e. The molecule has 1 unspecified atom stereocenters. The highest BCUT2D eigenvalue weighted by atomic mass is 32.2. The summed E-state index contributed by atoms with van der Waals surface area (Å²) in [7, 11) is 0. The molecule has 0 bridgehead atoms. The second kappa shape index (κ2) is 2.29. The predicted octanol–water partition coefficient (Wildman–Crippen LogP) is 1.65. The predicted molar refractivity (Wildman–Crippen MR) is 42.0 cm³/mol. The van der Waals surface area contributed by atoms with E-state index in [9.17, 15) is 5.11 Å². The Labute approximate surface area is 64.1 Å². The van der Waals surface area contributed by atoms with Gasteiger partial charge in [0.25, 0.3) is 0 Å². The van der Waals surface area contributed by atoms with Crippen molar-refractivity contribution in [2.75, 3.05) is 0 Å². The topological polar surface area (TPSA) is 20.2 Å². The number of rotatable bonds is 0. The van der Waals surface area contributed by atoms with Crippen molar-refractivity contribution in [3.63, 3.8) is 0 Å². The summed E-state index contributed by atoms with van der Waals surface area (Å²) in [5.74, 6) is 0. The Morgan fingerprint density at radius 1 is 1.40 bits per heavy atom. The van der Waals surface area contributed by atoms with Gasteiger partial charge in [-0.3, -0.25) is 0 Å². The first kappa shape index (κ1) is 6.25. The van der Waals surface area contributed by atoms with Gasteiger partial charge in [-0.05, 0) is 11.6 Å². The van der Waals surface area contributed by atoms with Crippen LogP contribution in [-0.2, 0) is 6.42 Å². The van der Waals surface area contributed by atoms with E-state index in [0.717, 1.165) is 6.42 Å². The first-order chi connectivity index (χ1) is 4.86. The van der Waals surface area contributed by atoms with Crippen molar-refractivity contribution < 1.29 is 5.11 Å². The molecule has 1 aromatic rings. The summed E-state index contributed by atoms with van der Waals surface area (Å²) in [6.07, 6.45) is 0.806. The maximum atomic E-state index is 9.21. The van der Waals surface area contributed by atoms with Crippen LogP contribution in [0.1, 0.15) is 5.56 Å². The quantitative estimate of drug-likeness (QED) is 0.610. The van der Waals surface area contributed by atoms with Gasteiger partial charge in [0.2, 0.25) is 0 Å². The van der Waals surface area contributed by atoms with E-state index in [0.29, 0.717) is 0 Å². The highest BCUT2D eigenvalue weighted by molar-refractivity contribution is 8.00. The molecular formula is C8H8OS. The Bertz CT molecular complexity index is 222. The van der Waals surface area contributed by atoms with Crippen LogP contribution >= 0.6 is 11.8 Å². The van der Waals surface area contributed by atoms with Gasteiger partial charge in [0.1, 0.15) is 5.44 Å². The third-order valence-corrected chi connectivity index (χ3v) is 2.72. The molecule has 10 heavy (non-hydrogen) atoms. The molecule has 0 aromatic heterocycles. The summed E-state index contributed by atoms with van der Waals surface area (Å²) in [5, 5.41) is 9.21. The zero-order valence-corrected chi connectivity index (χ0v) is 6.27. The third-order valence-electron chi connectivity index (χ3n) is 1.63. The normalized spacial score (nSPS) is 22.7. The summed E-state index contributed by atoms with van der Waals surface area (Å²) in [6.45, 7) is 0. The lowest BCUT2D eigenvalue weighted by molar-refractivity contribution is 0.268. The highest BCUT2D eigenvalue weighted by Crippen LogP contribution is 2.34. The molecule has 2 rings (SSSR count). The lowest BCUT2D eigenvalue weighted by atomic mass is 10.2. The molecule has 0 fully saturated rings. The van der Waals surface area contributed by atoms with E-state index in [1.165, 1.54) is 10.5 Å². The number of fused-ring (bicyclic) bond motifs is 1. The van der Waals surface area contributed by atoms with Crippen molar-refractivity contribution in [3.8, 4) is 0 Å².